The van der Waals surface area contributed by atoms with Gasteiger partial charge in [0.2, 0.25) is 0 Å². The van der Waals surface area contributed by atoms with Crippen LogP contribution in [0.4, 0.5) is 8.78 Å². The molecule has 110 valence electrons. The van der Waals surface area contributed by atoms with Crippen LogP contribution < -0.4 is 5.32 Å². The van der Waals surface area contributed by atoms with Gasteiger partial charge in [-0.1, -0.05) is 31.9 Å². The minimum Gasteiger partial charge on any atom is -0.310 e. The summed E-state index contributed by atoms with van der Waals surface area (Å²) in [6.45, 7) is 2.96. The van der Waals surface area contributed by atoms with E-state index in [4.69, 9.17) is 0 Å². The Morgan fingerprint density at radius 3 is 2.55 bits per heavy atom. The molecule has 1 aromatic rings. The largest absolute Gasteiger partial charge is 0.310 e. The normalized spacial score (nSPS) is 29.9. The zero-order valence-electron chi connectivity index (χ0n) is 12.0. The highest BCUT2D eigenvalue weighted by molar-refractivity contribution is 5.26. The van der Waals surface area contributed by atoms with Gasteiger partial charge in [0.15, 0.2) is 11.6 Å². The van der Waals surface area contributed by atoms with Crippen LogP contribution in [0.2, 0.25) is 0 Å². The lowest BCUT2D eigenvalue weighted by atomic mass is 9.98. The molecule has 3 heteroatoms. The van der Waals surface area contributed by atoms with Crippen molar-refractivity contribution >= 4 is 0 Å². The number of fused-ring (bicyclic) bond motifs is 1. The van der Waals surface area contributed by atoms with Crippen LogP contribution in [0.25, 0.3) is 0 Å². The second-order valence-corrected chi connectivity index (χ2v) is 6.26. The van der Waals surface area contributed by atoms with Crippen LogP contribution in [0.1, 0.15) is 50.6 Å². The van der Waals surface area contributed by atoms with E-state index in [1.54, 1.807) is 12.1 Å². The molecule has 2 fully saturated rings. The maximum atomic E-state index is 14.1. The van der Waals surface area contributed by atoms with Gasteiger partial charge in [0.1, 0.15) is 0 Å². The number of hydrogen-bond acceptors (Lipinski definition) is 1. The third kappa shape index (κ3) is 2.48. The minimum absolute atomic E-state index is 0.0150. The molecule has 0 heterocycles. The predicted octanol–water partition coefficient (Wildman–Crippen LogP) is 4.44. The Bertz CT molecular complexity index is 462. The van der Waals surface area contributed by atoms with Gasteiger partial charge in [-0.3, -0.25) is 0 Å². The smallest absolute Gasteiger partial charge is 0.163 e. The van der Waals surface area contributed by atoms with E-state index in [-0.39, 0.29) is 6.04 Å². The SMILES string of the molecule is CCCNC(c1cccc(F)c1F)C1C2CCCCC21. The van der Waals surface area contributed by atoms with Gasteiger partial charge in [-0.05, 0) is 49.6 Å². The fraction of sp³-hybridized carbons (Fsp3) is 0.647. The van der Waals surface area contributed by atoms with E-state index >= 15 is 0 Å². The summed E-state index contributed by atoms with van der Waals surface area (Å²) in [5.74, 6) is 0.557. The van der Waals surface area contributed by atoms with Gasteiger partial charge in [0, 0.05) is 11.6 Å². The lowest BCUT2D eigenvalue weighted by molar-refractivity contribution is 0.413. The van der Waals surface area contributed by atoms with Crippen LogP contribution in [-0.2, 0) is 0 Å². The lowest BCUT2D eigenvalue weighted by Gasteiger charge is -2.20. The Kier molecular flexibility index (Phi) is 4.06. The molecule has 2 saturated carbocycles. The first-order valence-electron chi connectivity index (χ1n) is 7.91. The summed E-state index contributed by atoms with van der Waals surface area (Å²) in [5, 5.41) is 3.47. The van der Waals surface area contributed by atoms with Crippen LogP contribution in [-0.4, -0.2) is 6.54 Å². The number of nitrogens with one attached hydrogen (secondary N) is 1. The minimum atomic E-state index is -0.727. The summed E-state index contributed by atoms with van der Waals surface area (Å²) in [4.78, 5) is 0. The molecular weight excluding hydrogens is 256 g/mol. The molecular formula is C17H23F2N. The van der Waals surface area contributed by atoms with E-state index in [0.717, 1.165) is 24.8 Å². The van der Waals surface area contributed by atoms with E-state index < -0.39 is 11.6 Å². The third-order valence-corrected chi connectivity index (χ3v) is 5.04. The summed E-state index contributed by atoms with van der Waals surface area (Å²) in [5.41, 5.74) is 0.526. The summed E-state index contributed by atoms with van der Waals surface area (Å²) >= 11 is 0. The van der Waals surface area contributed by atoms with Crippen molar-refractivity contribution in [2.45, 2.75) is 45.1 Å². The van der Waals surface area contributed by atoms with Crippen molar-refractivity contribution in [3.8, 4) is 0 Å². The Hall–Kier alpha value is -0.960. The van der Waals surface area contributed by atoms with Crippen LogP contribution in [0.3, 0.4) is 0 Å². The molecule has 0 aromatic heterocycles. The number of benzene rings is 1. The van der Waals surface area contributed by atoms with Crippen LogP contribution in [0, 0.1) is 29.4 Å². The Morgan fingerprint density at radius 2 is 1.90 bits per heavy atom. The molecule has 0 spiro atoms. The third-order valence-electron chi connectivity index (χ3n) is 5.04. The van der Waals surface area contributed by atoms with Gasteiger partial charge < -0.3 is 5.32 Å². The highest BCUT2D eigenvalue weighted by Crippen LogP contribution is 2.60. The average Bonchev–Trinajstić information content (AvgIpc) is 3.18. The van der Waals surface area contributed by atoms with Crippen molar-refractivity contribution in [3.05, 3.63) is 35.4 Å². The molecule has 20 heavy (non-hydrogen) atoms. The van der Waals surface area contributed by atoms with Crippen molar-refractivity contribution in [3.63, 3.8) is 0 Å². The monoisotopic (exact) mass is 279 g/mol. The molecule has 3 rings (SSSR count). The predicted molar refractivity (Wildman–Crippen MR) is 76.3 cm³/mol. The van der Waals surface area contributed by atoms with Crippen molar-refractivity contribution < 1.29 is 8.78 Å². The molecule has 0 amide bonds. The van der Waals surface area contributed by atoms with Gasteiger partial charge in [-0.15, -0.1) is 0 Å². The first-order chi connectivity index (χ1) is 9.74. The van der Waals surface area contributed by atoms with Crippen LogP contribution in [0.15, 0.2) is 18.2 Å². The topological polar surface area (TPSA) is 12.0 Å². The zero-order chi connectivity index (χ0) is 14.1. The van der Waals surface area contributed by atoms with Gasteiger partial charge >= 0.3 is 0 Å². The number of halogens is 2. The molecule has 0 aliphatic heterocycles. The number of rotatable bonds is 5. The van der Waals surface area contributed by atoms with Crippen molar-refractivity contribution in [2.24, 2.45) is 17.8 Å². The molecule has 0 saturated heterocycles. The van der Waals surface area contributed by atoms with Gasteiger partial charge in [0.25, 0.3) is 0 Å². The van der Waals surface area contributed by atoms with E-state index in [2.05, 4.69) is 12.2 Å². The second kappa shape index (κ2) is 5.80. The fourth-order valence-corrected chi connectivity index (χ4v) is 4.06. The van der Waals surface area contributed by atoms with Gasteiger partial charge in [-0.25, -0.2) is 8.78 Å². The second-order valence-electron chi connectivity index (χ2n) is 6.26. The lowest BCUT2D eigenvalue weighted by Crippen LogP contribution is -2.26. The summed E-state index contributed by atoms with van der Waals surface area (Å²) in [6.07, 6.45) is 6.12. The van der Waals surface area contributed by atoms with Gasteiger partial charge in [0.05, 0.1) is 0 Å². The van der Waals surface area contributed by atoms with E-state index in [1.165, 1.54) is 31.7 Å². The highest BCUT2D eigenvalue weighted by atomic mass is 19.2. The maximum absolute atomic E-state index is 14.1. The fourth-order valence-electron chi connectivity index (χ4n) is 4.06. The Balaban J connectivity index is 1.84. The molecule has 0 bridgehead atoms. The Morgan fingerprint density at radius 1 is 1.20 bits per heavy atom. The molecule has 2 aliphatic carbocycles. The summed E-state index contributed by atoms with van der Waals surface area (Å²) in [7, 11) is 0. The van der Waals surface area contributed by atoms with Gasteiger partial charge in [-0.2, -0.15) is 0 Å². The summed E-state index contributed by atoms with van der Waals surface area (Å²) in [6, 6.07) is 4.56. The van der Waals surface area contributed by atoms with E-state index in [9.17, 15) is 8.78 Å². The molecule has 2 aliphatic rings. The molecule has 3 atom stereocenters. The Labute approximate surface area is 119 Å². The zero-order valence-corrected chi connectivity index (χ0v) is 12.0. The van der Waals surface area contributed by atoms with E-state index in [0.29, 0.717) is 11.5 Å². The standard InChI is InChI=1S/C17H23F2N/c1-2-10-20-17(13-8-5-9-14(18)16(13)19)15-11-6-3-4-7-12(11)15/h5,8-9,11-12,15,17,20H,2-4,6-7,10H2,1H3. The summed E-state index contributed by atoms with van der Waals surface area (Å²) < 4.78 is 27.6. The first-order valence-corrected chi connectivity index (χ1v) is 7.91. The van der Waals surface area contributed by atoms with Crippen molar-refractivity contribution in [1.82, 2.24) is 5.32 Å². The molecule has 1 N–H and O–H groups in total. The quantitative estimate of drug-likeness (QED) is 0.840. The molecule has 3 unspecified atom stereocenters. The molecule has 1 aromatic carbocycles. The van der Waals surface area contributed by atoms with Crippen molar-refractivity contribution in [1.29, 1.82) is 0 Å². The average molecular weight is 279 g/mol. The maximum Gasteiger partial charge on any atom is 0.163 e. The van der Waals surface area contributed by atoms with E-state index in [1.807, 2.05) is 0 Å². The number of hydrogen-bond donors (Lipinski definition) is 1. The first kappa shape index (κ1) is 14.0. The van der Waals surface area contributed by atoms with Crippen molar-refractivity contribution in [2.75, 3.05) is 6.54 Å². The molecule has 0 radical (unpaired) electrons. The molecule has 1 nitrogen and oxygen atoms in total. The highest BCUT2D eigenvalue weighted by Gasteiger charge is 2.54. The van der Waals surface area contributed by atoms with Crippen LogP contribution >= 0.6 is 0 Å². The van der Waals surface area contributed by atoms with Crippen LogP contribution in [0.5, 0.6) is 0 Å².